The number of ketones is 1. The van der Waals surface area contributed by atoms with E-state index in [9.17, 15) is 4.79 Å². The third-order valence-electron chi connectivity index (χ3n) is 3.72. The Morgan fingerprint density at radius 3 is 2.81 bits per heavy atom. The third kappa shape index (κ3) is 4.55. The molecule has 0 fully saturated rings. The van der Waals surface area contributed by atoms with Gasteiger partial charge in [-0.05, 0) is 37.5 Å². The molecule has 0 amide bonds. The van der Waals surface area contributed by atoms with E-state index in [0.29, 0.717) is 12.2 Å². The van der Waals surface area contributed by atoms with Crippen LogP contribution < -0.4 is 0 Å². The summed E-state index contributed by atoms with van der Waals surface area (Å²) in [7, 11) is 0. The highest BCUT2D eigenvalue weighted by Crippen LogP contribution is 2.18. The Hall–Kier alpha value is -1.90. The molecule has 0 aliphatic carbocycles. The van der Waals surface area contributed by atoms with Crippen molar-refractivity contribution in [2.24, 2.45) is 0 Å². The average Bonchev–Trinajstić information content (AvgIpc) is 2.99. The van der Waals surface area contributed by atoms with E-state index in [-0.39, 0.29) is 0 Å². The third-order valence-corrected chi connectivity index (χ3v) is 3.72. The van der Waals surface area contributed by atoms with Gasteiger partial charge < -0.3 is 0 Å². The SMILES string of the molecule is CCCCCC(=O)CCc1cc(C)ccc1-n1cccn1. The fourth-order valence-electron chi connectivity index (χ4n) is 2.52. The topological polar surface area (TPSA) is 34.9 Å². The first-order chi connectivity index (χ1) is 10.2. The Bertz CT molecular complexity index is 573. The summed E-state index contributed by atoms with van der Waals surface area (Å²) in [5.74, 6) is 0.372. The smallest absolute Gasteiger partial charge is 0.133 e. The van der Waals surface area contributed by atoms with Crippen LogP contribution in [-0.2, 0) is 11.2 Å². The van der Waals surface area contributed by atoms with Crippen LogP contribution in [0.3, 0.4) is 0 Å². The summed E-state index contributed by atoms with van der Waals surface area (Å²) in [6, 6.07) is 8.25. The number of nitrogens with zero attached hydrogens (tertiary/aromatic N) is 2. The number of aromatic nitrogens is 2. The second kappa shape index (κ2) is 7.77. The molecule has 112 valence electrons. The number of carbonyl (C=O) groups excluding carboxylic acids is 1. The molecule has 0 bridgehead atoms. The van der Waals surface area contributed by atoms with Gasteiger partial charge in [0.25, 0.3) is 0 Å². The quantitative estimate of drug-likeness (QED) is 0.679. The summed E-state index contributed by atoms with van der Waals surface area (Å²) in [6.45, 7) is 4.24. The van der Waals surface area contributed by atoms with Gasteiger partial charge in [0.1, 0.15) is 5.78 Å². The van der Waals surface area contributed by atoms with Gasteiger partial charge in [0.05, 0.1) is 5.69 Å². The molecule has 0 aliphatic rings. The van der Waals surface area contributed by atoms with Crippen molar-refractivity contribution >= 4 is 5.78 Å². The number of rotatable bonds is 8. The predicted octanol–water partition coefficient (Wildman–Crippen LogP) is 4.26. The van der Waals surface area contributed by atoms with Crippen LogP contribution in [0.4, 0.5) is 0 Å². The largest absolute Gasteiger partial charge is 0.300 e. The van der Waals surface area contributed by atoms with Crippen molar-refractivity contribution in [3.63, 3.8) is 0 Å². The lowest BCUT2D eigenvalue weighted by atomic mass is 10.0. The van der Waals surface area contributed by atoms with E-state index in [1.165, 1.54) is 11.1 Å². The first-order valence-corrected chi connectivity index (χ1v) is 7.82. The van der Waals surface area contributed by atoms with Gasteiger partial charge in [-0.15, -0.1) is 0 Å². The summed E-state index contributed by atoms with van der Waals surface area (Å²) >= 11 is 0. The van der Waals surface area contributed by atoms with Gasteiger partial charge in [0, 0.05) is 25.2 Å². The fourth-order valence-corrected chi connectivity index (χ4v) is 2.52. The molecule has 0 spiro atoms. The fraction of sp³-hybridized carbons (Fsp3) is 0.444. The van der Waals surface area contributed by atoms with Gasteiger partial charge in [-0.2, -0.15) is 5.10 Å². The molecule has 2 aromatic rings. The van der Waals surface area contributed by atoms with Gasteiger partial charge in [0.2, 0.25) is 0 Å². The maximum absolute atomic E-state index is 12.0. The van der Waals surface area contributed by atoms with E-state index < -0.39 is 0 Å². The van der Waals surface area contributed by atoms with Crippen LogP contribution in [0.1, 0.15) is 50.2 Å². The van der Waals surface area contributed by atoms with E-state index in [1.807, 2.05) is 16.9 Å². The molecule has 0 saturated carbocycles. The van der Waals surface area contributed by atoms with Crippen LogP contribution in [0.25, 0.3) is 5.69 Å². The van der Waals surface area contributed by atoms with Crippen molar-refractivity contribution < 1.29 is 4.79 Å². The standard InChI is InChI=1S/C18H24N2O/c1-3-4-5-7-17(21)10-9-16-14-15(2)8-11-18(16)20-13-6-12-19-20/h6,8,11-14H,3-5,7,9-10H2,1-2H3. The zero-order valence-electron chi connectivity index (χ0n) is 13.0. The van der Waals surface area contributed by atoms with Gasteiger partial charge >= 0.3 is 0 Å². The normalized spacial score (nSPS) is 10.8. The minimum atomic E-state index is 0.372. The van der Waals surface area contributed by atoms with Crippen molar-refractivity contribution in [2.45, 2.75) is 52.4 Å². The van der Waals surface area contributed by atoms with Crippen LogP contribution in [0.5, 0.6) is 0 Å². The molecular weight excluding hydrogens is 260 g/mol. The number of Topliss-reactive ketones (excluding diaryl/α,β-unsaturated/α-hetero) is 1. The molecule has 1 heterocycles. The second-order valence-corrected chi connectivity index (χ2v) is 5.58. The summed E-state index contributed by atoms with van der Waals surface area (Å²) in [5, 5.41) is 4.30. The number of unbranched alkanes of at least 4 members (excludes halogenated alkanes) is 2. The molecule has 3 heteroatoms. The molecule has 0 saturated heterocycles. The maximum Gasteiger partial charge on any atom is 0.133 e. The Morgan fingerprint density at radius 1 is 1.24 bits per heavy atom. The van der Waals surface area contributed by atoms with Crippen molar-refractivity contribution in [3.05, 3.63) is 47.8 Å². The summed E-state index contributed by atoms with van der Waals surface area (Å²) < 4.78 is 1.87. The van der Waals surface area contributed by atoms with Gasteiger partial charge in [-0.25, -0.2) is 4.68 Å². The molecule has 0 N–H and O–H groups in total. The lowest BCUT2D eigenvalue weighted by molar-refractivity contribution is -0.119. The lowest BCUT2D eigenvalue weighted by Gasteiger charge is -2.10. The van der Waals surface area contributed by atoms with Crippen molar-refractivity contribution in [1.82, 2.24) is 9.78 Å². The van der Waals surface area contributed by atoms with E-state index in [4.69, 9.17) is 0 Å². The first-order valence-electron chi connectivity index (χ1n) is 7.82. The van der Waals surface area contributed by atoms with Gasteiger partial charge in [-0.3, -0.25) is 4.79 Å². The molecular formula is C18H24N2O. The number of benzene rings is 1. The maximum atomic E-state index is 12.0. The average molecular weight is 284 g/mol. The molecule has 0 atom stereocenters. The molecule has 2 rings (SSSR count). The van der Waals surface area contributed by atoms with Crippen LogP contribution >= 0.6 is 0 Å². The summed E-state index contributed by atoms with van der Waals surface area (Å²) in [6.07, 6.45) is 9.19. The number of carbonyl (C=O) groups is 1. The lowest BCUT2D eigenvalue weighted by Crippen LogP contribution is -2.05. The molecule has 0 unspecified atom stereocenters. The van der Waals surface area contributed by atoms with Gasteiger partial charge in [-0.1, -0.05) is 37.5 Å². The molecule has 0 aliphatic heterocycles. The van der Waals surface area contributed by atoms with Crippen LogP contribution in [0, 0.1) is 6.92 Å². The van der Waals surface area contributed by atoms with E-state index >= 15 is 0 Å². The Kier molecular flexibility index (Phi) is 5.73. The zero-order chi connectivity index (χ0) is 15.1. The second-order valence-electron chi connectivity index (χ2n) is 5.58. The minimum Gasteiger partial charge on any atom is -0.300 e. The zero-order valence-corrected chi connectivity index (χ0v) is 13.0. The van der Waals surface area contributed by atoms with E-state index in [1.54, 1.807) is 6.20 Å². The molecule has 3 nitrogen and oxygen atoms in total. The molecule has 1 aromatic heterocycles. The molecule has 1 aromatic carbocycles. The first kappa shape index (κ1) is 15.5. The minimum absolute atomic E-state index is 0.372. The molecule has 0 radical (unpaired) electrons. The number of hydrogen-bond acceptors (Lipinski definition) is 2. The van der Waals surface area contributed by atoms with Crippen molar-refractivity contribution in [3.8, 4) is 5.69 Å². The highest BCUT2D eigenvalue weighted by Gasteiger charge is 2.08. The van der Waals surface area contributed by atoms with Gasteiger partial charge in [0.15, 0.2) is 0 Å². The number of aryl methyl sites for hydroxylation is 2. The summed E-state index contributed by atoms with van der Waals surface area (Å²) in [5.41, 5.74) is 3.49. The van der Waals surface area contributed by atoms with Crippen LogP contribution in [-0.4, -0.2) is 15.6 Å². The monoisotopic (exact) mass is 284 g/mol. The Balaban J connectivity index is 2.02. The van der Waals surface area contributed by atoms with Crippen molar-refractivity contribution in [1.29, 1.82) is 0 Å². The highest BCUT2D eigenvalue weighted by molar-refractivity contribution is 5.78. The van der Waals surface area contributed by atoms with Crippen LogP contribution in [0.2, 0.25) is 0 Å². The van der Waals surface area contributed by atoms with E-state index in [2.05, 4.69) is 37.1 Å². The van der Waals surface area contributed by atoms with E-state index in [0.717, 1.165) is 37.8 Å². The Morgan fingerprint density at radius 2 is 2.10 bits per heavy atom. The van der Waals surface area contributed by atoms with Crippen molar-refractivity contribution in [2.75, 3.05) is 0 Å². The summed E-state index contributed by atoms with van der Waals surface area (Å²) in [4.78, 5) is 12.0. The molecule has 21 heavy (non-hydrogen) atoms. The number of hydrogen-bond donors (Lipinski definition) is 0. The predicted molar refractivity (Wildman–Crippen MR) is 85.8 cm³/mol. The Labute approximate surface area is 127 Å². The van der Waals surface area contributed by atoms with Crippen LogP contribution in [0.15, 0.2) is 36.7 Å². The highest BCUT2D eigenvalue weighted by atomic mass is 16.1.